The van der Waals surface area contributed by atoms with Crippen LogP contribution in [0.5, 0.6) is 0 Å². The van der Waals surface area contributed by atoms with Crippen LogP contribution in [-0.4, -0.2) is 55.0 Å². The summed E-state index contributed by atoms with van der Waals surface area (Å²) in [6.07, 6.45) is 3.39. The summed E-state index contributed by atoms with van der Waals surface area (Å²) in [7, 11) is 1.60. The zero-order valence-corrected chi connectivity index (χ0v) is 19.0. The van der Waals surface area contributed by atoms with Gasteiger partial charge in [-0.05, 0) is 51.3 Å². The molecule has 2 amide bonds. The van der Waals surface area contributed by atoms with Crippen LogP contribution in [0.4, 0.5) is 0 Å². The Bertz CT molecular complexity index is 883. The Kier molecular flexibility index (Phi) is 7.44. The van der Waals surface area contributed by atoms with Gasteiger partial charge in [0.25, 0.3) is 5.91 Å². The number of carbonyl (C=O) groups excluding carboxylic acids is 2. The Balaban J connectivity index is 1.57. The summed E-state index contributed by atoms with van der Waals surface area (Å²) in [6.45, 7) is 8.46. The number of ether oxygens (including phenoxy) is 1. The summed E-state index contributed by atoms with van der Waals surface area (Å²) in [5, 5.41) is 2.80. The van der Waals surface area contributed by atoms with Crippen molar-refractivity contribution in [2.75, 3.05) is 33.4 Å². The molecule has 1 aromatic heterocycles. The third-order valence-corrected chi connectivity index (χ3v) is 6.15. The standard InChI is InChI=1S/C25H33N3O3/c1-18-5-8-21(9-6-18)25(2,3)24(30)28-14-11-19(12-15-28)22-10-7-20(17-27-22)23(29)26-13-16-31-4/h5-10,17,19H,11-16H2,1-4H3,(H,26,29). The molecule has 0 spiro atoms. The first-order chi connectivity index (χ1) is 14.8. The number of piperidine rings is 1. The largest absolute Gasteiger partial charge is 0.383 e. The molecular weight excluding hydrogens is 390 g/mol. The number of methoxy groups -OCH3 is 1. The van der Waals surface area contributed by atoms with Crippen LogP contribution < -0.4 is 5.32 Å². The molecule has 1 saturated heterocycles. The summed E-state index contributed by atoms with van der Waals surface area (Å²) in [5.74, 6) is 0.331. The van der Waals surface area contributed by atoms with Gasteiger partial charge in [-0.15, -0.1) is 0 Å². The second kappa shape index (κ2) is 10.1. The van der Waals surface area contributed by atoms with Gasteiger partial charge in [0.2, 0.25) is 5.91 Å². The molecule has 0 unspecified atom stereocenters. The zero-order chi connectivity index (χ0) is 22.4. The van der Waals surface area contributed by atoms with Crippen molar-refractivity contribution in [2.24, 2.45) is 0 Å². The molecule has 1 aliphatic heterocycles. The summed E-state index contributed by atoms with van der Waals surface area (Å²) in [6, 6.07) is 12.0. The Labute approximate surface area is 185 Å². The van der Waals surface area contributed by atoms with Gasteiger partial charge in [0, 0.05) is 44.6 Å². The Morgan fingerprint density at radius 1 is 1.13 bits per heavy atom. The van der Waals surface area contributed by atoms with Crippen molar-refractivity contribution in [2.45, 2.75) is 44.9 Å². The Hall–Kier alpha value is -2.73. The van der Waals surface area contributed by atoms with Gasteiger partial charge in [0.15, 0.2) is 0 Å². The van der Waals surface area contributed by atoms with Crippen LogP contribution in [0.1, 0.15) is 59.8 Å². The van der Waals surface area contributed by atoms with Gasteiger partial charge < -0.3 is 15.0 Å². The van der Waals surface area contributed by atoms with Gasteiger partial charge in [0.1, 0.15) is 0 Å². The maximum Gasteiger partial charge on any atom is 0.252 e. The number of likely N-dealkylation sites (tertiary alicyclic amines) is 1. The summed E-state index contributed by atoms with van der Waals surface area (Å²) >= 11 is 0. The maximum atomic E-state index is 13.2. The van der Waals surface area contributed by atoms with E-state index in [4.69, 9.17) is 4.74 Å². The first kappa shape index (κ1) is 22.9. The molecule has 2 heterocycles. The van der Waals surface area contributed by atoms with Crippen LogP contribution in [-0.2, 0) is 14.9 Å². The molecule has 1 fully saturated rings. The molecule has 1 aromatic carbocycles. The maximum absolute atomic E-state index is 13.2. The van der Waals surface area contributed by atoms with Gasteiger partial charge in [-0.2, -0.15) is 0 Å². The van der Waals surface area contributed by atoms with Gasteiger partial charge >= 0.3 is 0 Å². The first-order valence-electron chi connectivity index (χ1n) is 10.9. The minimum Gasteiger partial charge on any atom is -0.383 e. The lowest BCUT2D eigenvalue weighted by molar-refractivity contribution is -0.137. The highest BCUT2D eigenvalue weighted by molar-refractivity contribution is 5.93. The molecule has 1 aliphatic rings. The monoisotopic (exact) mass is 423 g/mol. The fourth-order valence-corrected chi connectivity index (χ4v) is 4.02. The van der Waals surface area contributed by atoms with Crippen molar-refractivity contribution in [1.82, 2.24) is 15.2 Å². The molecule has 0 saturated carbocycles. The highest BCUT2D eigenvalue weighted by Gasteiger charge is 2.35. The molecule has 6 heteroatoms. The number of hydrogen-bond acceptors (Lipinski definition) is 4. The number of aromatic nitrogens is 1. The average Bonchev–Trinajstić information content (AvgIpc) is 2.79. The normalized spacial score (nSPS) is 15.0. The van der Waals surface area contributed by atoms with Crippen molar-refractivity contribution in [1.29, 1.82) is 0 Å². The molecule has 166 valence electrons. The average molecular weight is 424 g/mol. The van der Waals surface area contributed by atoms with E-state index in [0.29, 0.717) is 24.6 Å². The molecule has 2 aromatic rings. The molecule has 0 aliphatic carbocycles. The second-order valence-corrected chi connectivity index (χ2v) is 8.78. The first-order valence-corrected chi connectivity index (χ1v) is 10.9. The van der Waals surface area contributed by atoms with E-state index < -0.39 is 5.41 Å². The number of pyridine rings is 1. The van der Waals surface area contributed by atoms with E-state index in [9.17, 15) is 9.59 Å². The van der Waals surface area contributed by atoms with Crippen LogP contribution >= 0.6 is 0 Å². The number of carbonyl (C=O) groups is 2. The van der Waals surface area contributed by atoms with E-state index in [2.05, 4.69) is 41.5 Å². The number of nitrogens with zero attached hydrogens (tertiary/aromatic N) is 2. The Morgan fingerprint density at radius 2 is 1.81 bits per heavy atom. The van der Waals surface area contributed by atoms with E-state index in [0.717, 1.165) is 37.2 Å². The minimum atomic E-state index is -0.545. The lowest BCUT2D eigenvalue weighted by Crippen LogP contribution is -2.46. The zero-order valence-electron chi connectivity index (χ0n) is 19.0. The topological polar surface area (TPSA) is 71.5 Å². The molecular formula is C25H33N3O3. The number of rotatable bonds is 7. The SMILES string of the molecule is COCCNC(=O)c1ccc(C2CCN(C(=O)C(C)(C)c3ccc(C)cc3)CC2)nc1. The predicted octanol–water partition coefficient (Wildman–Crippen LogP) is 3.45. The third-order valence-electron chi connectivity index (χ3n) is 6.15. The number of amides is 2. The van der Waals surface area contributed by atoms with Gasteiger partial charge in [-0.1, -0.05) is 29.8 Å². The number of hydrogen-bond donors (Lipinski definition) is 1. The van der Waals surface area contributed by atoms with Crippen molar-refractivity contribution in [3.8, 4) is 0 Å². The lowest BCUT2D eigenvalue weighted by atomic mass is 9.82. The molecule has 31 heavy (non-hydrogen) atoms. The third kappa shape index (κ3) is 5.50. The fraction of sp³-hybridized carbons (Fsp3) is 0.480. The quantitative estimate of drug-likeness (QED) is 0.693. The predicted molar refractivity (Wildman–Crippen MR) is 121 cm³/mol. The smallest absolute Gasteiger partial charge is 0.252 e. The van der Waals surface area contributed by atoms with Crippen LogP contribution in [0.25, 0.3) is 0 Å². The van der Waals surface area contributed by atoms with E-state index in [1.165, 1.54) is 5.56 Å². The van der Waals surface area contributed by atoms with Crippen molar-refractivity contribution in [3.63, 3.8) is 0 Å². The molecule has 3 rings (SSSR count). The van der Waals surface area contributed by atoms with E-state index in [1.54, 1.807) is 13.3 Å². The number of aryl methyl sites for hydroxylation is 1. The van der Waals surface area contributed by atoms with Crippen molar-refractivity contribution in [3.05, 3.63) is 65.0 Å². The Morgan fingerprint density at radius 3 is 2.39 bits per heavy atom. The summed E-state index contributed by atoms with van der Waals surface area (Å²) in [4.78, 5) is 31.8. The van der Waals surface area contributed by atoms with Crippen LogP contribution in [0.2, 0.25) is 0 Å². The van der Waals surface area contributed by atoms with Gasteiger partial charge in [-0.3, -0.25) is 14.6 Å². The van der Waals surface area contributed by atoms with Gasteiger partial charge in [-0.25, -0.2) is 0 Å². The molecule has 0 atom stereocenters. The minimum absolute atomic E-state index is 0.144. The summed E-state index contributed by atoms with van der Waals surface area (Å²) in [5.41, 5.74) is 3.23. The van der Waals surface area contributed by atoms with Crippen LogP contribution in [0, 0.1) is 6.92 Å². The molecule has 0 bridgehead atoms. The highest BCUT2D eigenvalue weighted by Crippen LogP contribution is 2.31. The van der Waals surface area contributed by atoms with E-state index in [1.807, 2.05) is 30.9 Å². The van der Waals surface area contributed by atoms with Crippen molar-refractivity contribution < 1.29 is 14.3 Å². The molecule has 0 radical (unpaired) electrons. The van der Waals surface area contributed by atoms with E-state index >= 15 is 0 Å². The number of nitrogens with one attached hydrogen (secondary N) is 1. The fourth-order valence-electron chi connectivity index (χ4n) is 4.02. The van der Waals surface area contributed by atoms with Gasteiger partial charge in [0.05, 0.1) is 17.6 Å². The van der Waals surface area contributed by atoms with Crippen molar-refractivity contribution >= 4 is 11.8 Å². The molecule has 6 nitrogen and oxygen atoms in total. The van der Waals surface area contributed by atoms with E-state index in [-0.39, 0.29) is 11.8 Å². The summed E-state index contributed by atoms with van der Waals surface area (Å²) < 4.78 is 4.94. The van der Waals surface area contributed by atoms with Crippen LogP contribution in [0.15, 0.2) is 42.6 Å². The lowest BCUT2D eigenvalue weighted by Gasteiger charge is -2.37. The van der Waals surface area contributed by atoms with Crippen LogP contribution in [0.3, 0.4) is 0 Å². The highest BCUT2D eigenvalue weighted by atomic mass is 16.5. The second-order valence-electron chi connectivity index (χ2n) is 8.78. The number of benzene rings is 1. The molecule has 1 N–H and O–H groups in total.